The lowest BCUT2D eigenvalue weighted by molar-refractivity contribution is 0.0656. The number of hydrogen-bond donors (Lipinski definition) is 1. The summed E-state index contributed by atoms with van der Waals surface area (Å²) < 4.78 is 0. The molecule has 5 nitrogen and oxygen atoms in total. The SMILES string of the molecule is C#CCN1CCN(C(=O)c2sc(N)nc2C)CC1. The molecule has 2 N–H and O–H groups in total. The summed E-state index contributed by atoms with van der Waals surface area (Å²) in [6, 6.07) is 0. The number of aryl methyl sites for hydroxylation is 1. The van der Waals surface area contributed by atoms with E-state index < -0.39 is 0 Å². The molecule has 1 aliphatic rings. The zero-order chi connectivity index (χ0) is 13.1. The maximum absolute atomic E-state index is 12.3. The van der Waals surface area contributed by atoms with Crippen LogP contribution in [-0.2, 0) is 0 Å². The van der Waals surface area contributed by atoms with Gasteiger partial charge >= 0.3 is 0 Å². The third-order valence-electron chi connectivity index (χ3n) is 2.98. The number of aromatic nitrogens is 1. The lowest BCUT2D eigenvalue weighted by Crippen LogP contribution is -2.48. The maximum atomic E-state index is 12.3. The fourth-order valence-corrected chi connectivity index (χ4v) is 2.80. The Morgan fingerprint density at radius 2 is 2.17 bits per heavy atom. The fraction of sp³-hybridized carbons (Fsp3) is 0.500. The van der Waals surface area contributed by atoms with Crippen molar-refractivity contribution >= 4 is 22.4 Å². The van der Waals surface area contributed by atoms with Crippen molar-refractivity contribution < 1.29 is 4.79 Å². The summed E-state index contributed by atoms with van der Waals surface area (Å²) in [5.74, 6) is 2.65. The highest BCUT2D eigenvalue weighted by Gasteiger charge is 2.24. The first kappa shape index (κ1) is 12.9. The van der Waals surface area contributed by atoms with Gasteiger partial charge in [-0.3, -0.25) is 9.69 Å². The highest BCUT2D eigenvalue weighted by Crippen LogP contribution is 2.21. The summed E-state index contributed by atoms with van der Waals surface area (Å²) in [5, 5.41) is 0.446. The first-order valence-electron chi connectivity index (χ1n) is 5.80. The van der Waals surface area contributed by atoms with Gasteiger partial charge in [-0.15, -0.1) is 6.42 Å². The average Bonchev–Trinajstić information content (AvgIpc) is 2.69. The molecule has 96 valence electrons. The largest absolute Gasteiger partial charge is 0.375 e. The Morgan fingerprint density at radius 3 is 2.67 bits per heavy atom. The minimum absolute atomic E-state index is 0.0297. The molecule has 2 heterocycles. The van der Waals surface area contributed by atoms with E-state index in [1.165, 1.54) is 11.3 Å². The van der Waals surface area contributed by atoms with Crippen molar-refractivity contribution in [3.8, 4) is 12.3 Å². The molecule has 1 aromatic rings. The second-order valence-electron chi connectivity index (χ2n) is 4.24. The number of piperazine rings is 1. The molecular formula is C12H16N4OS. The number of terminal acetylenes is 1. The van der Waals surface area contributed by atoms with E-state index >= 15 is 0 Å². The molecule has 1 saturated heterocycles. The maximum Gasteiger partial charge on any atom is 0.266 e. The average molecular weight is 264 g/mol. The Hall–Kier alpha value is -1.58. The van der Waals surface area contributed by atoms with E-state index in [1.54, 1.807) is 0 Å². The van der Waals surface area contributed by atoms with Crippen LogP contribution in [0.3, 0.4) is 0 Å². The van der Waals surface area contributed by atoms with E-state index in [-0.39, 0.29) is 5.91 Å². The number of carbonyl (C=O) groups is 1. The monoisotopic (exact) mass is 264 g/mol. The Morgan fingerprint density at radius 1 is 1.50 bits per heavy atom. The van der Waals surface area contributed by atoms with Gasteiger partial charge in [0.25, 0.3) is 5.91 Å². The molecule has 2 rings (SSSR count). The van der Waals surface area contributed by atoms with Gasteiger partial charge in [0.1, 0.15) is 4.88 Å². The third kappa shape index (κ3) is 2.63. The van der Waals surface area contributed by atoms with Crippen LogP contribution in [0.25, 0.3) is 0 Å². The standard InChI is InChI=1S/C12H16N4OS/c1-3-4-15-5-7-16(8-6-15)11(17)10-9(2)14-12(13)18-10/h1H,4-8H2,2H3,(H2,13,14). The van der Waals surface area contributed by atoms with Gasteiger partial charge in [0.15, 0.2) is 5.13 Å². The topological polar surface area (TPSA) is 62.5 Å². The Bertz CT molecular complexity index is 483. The Labute approximate surface area is 111 Å². The van der Waals surface area contributed by atoms with E-state index in [9.17, 15) is 4.79 Å². The molecule has 0 aromatic carbocycles. The highest BCUT2D eigenvalue weighted by atomic mass is 32.1. The van der Waals surface area contributed by atoms with E-state index in [1.807, 2.05) is 11.8 Å². The van der Waals surface area contributed by atoms with Gasteiger partial charge in [-0.1, -0.05) is 17.3 Å². The molecule has 0 unspecified atom stereocenters. The summed E-state index contributed by atoms with van der Waals surface area (Å²) in [6.07, 6.45) is 5.27. The summed E-state index contributed by atoms with van der Waals surface area (Å²) in [6.45, 7) is 5.52. The quantitative estimate of drug-likeness (QED) is 0.787. The van der Waals surface area contributed by atoms with Crippen LogP contribution >= 0.6 is 11.3 Å². The molecule has 1 aliphatic heterocycles. The second-order valence-corrected chi connectivity index (χ2v) is 5.27. The summed E-state index contributed by atoms with van der Waals surface area (Å²) in [5.41, 5.74) is 6.33. The predicted octanol–water partition coefficient (Wildman–Crippen LogP) is 0.425. The second kappa shape index (κ2) is 5.38. The zero-order valence-corrected chi connectivity index (χ0v) is 11.2. The molecule has 0 radical (unpaired) electrons. The van der Waals surface area contributed by atoms with Crippen LogP contribution in [0.4, 0.5) is 5.13 Å². The highest BCUT2D eigenvalue weighted by molar-refractivity contribution is 7.17. The smallest absolute Gasteiger partial charge is 0.266 e. The van der Waals surface area contributed by atoms with Crippen molar-refractivity contribution in [3.05, 3.63) is 10.6 Å². The minimum Gasteiger partial charge on any atom is -0.375 e. The molecule has 0 aliphatic carbocycles. The summed E-state index contributed by atoms with van der Waals surface area (Å²) in [4.78, 5) is 21.0. The number of hydrogen-bond acceptors (Lipinski definition) is 5. The summed E-state index contributed by atoms with van der Waals surface area (Å²) in [7, 11) is 0. The van der Waals surface area contributed by atoms with Gasteiger partial charge in [-0.2, -0.15) is 0 Å². The van der Waals surface area contributed by atoms with Gasteiger partial charge in [0.05, 0.1) is 12.2 Å². The van der Waals surface area contributed by atoms with Gasteiger partial charge in [-0.25, -0.2) is 4.98 Å². The van der Waals surface area contributed by atoms with Gasteiger partial charge in [-0.05, 0) is 6.92 Å². The molecule has 0 spiro atoms. The molecule has 0 atom stereocenters. The number of nitrogens with two attached hydrogens (primary N) is 1. The number of nitrogen functional groups attached to an aromatic ring is 1. The van der Waals surface area contributed by atoms with Crippen molar-refractivity contribution in [1.82, 2.24) is 14.8 Å². The van der Waals surface area contributed by atoms with E-state index in [2.05, 4.69) is 15.8 Å². The molecule has 0 bridgehead atoms. The summed E-state index contributed by atoms with van der Waals surface area (Å²) >= 11 is 1.26. The molecule has 1 fully saturated rings. The molecule has 1 amide bonds. The number of rotatable bonds is 2. The lowest BCUT2D eigenvalue weighted by atomic mass is 10.2. The number of thiazole rings is 1. The van der Waals surface area contributed by atoms with Crippen molar-refractivity contribution in [3.63, 3.8) is 0 Å². The van der Waals surface area contributed by atoms with E-state index in [0.29, 0.717) is 35.3 Å². The normalized spacial score (nSPS) is 16.6. The molecule has 18 heavy (non-hydrogen) atoms. The van der Waals surface area contributed by atoms with Crippen molar-refractivity contribution in [1.29, 1.82) is 0 Å². The van der Waals surface area contributed by atoms with Crippen molar-refractivity contribution in [2.75, 3.05) is 38.5 Å². The van der Waals surface area contributed by atoms with Gasteiger partial charge in [0, 0.05) is 26.2 Å². The van der Waals surface area contributed by atoms with Crippen LogP contribution in [0.5, 0.6) is 0 Å². The predicted molar refractivity (Wildman–Crippen MR) is 72.4 cm³/mol. The van der Waals surface area contributed by atoms with Crippen LogP contribution in [0.1, 0.15) is 15.4 Å². The third-order valence-corrected chi connectivity index (χ3v) is 3.96. The van der Waals surface area contributed by atoms with Crippen LogP contribution in [0.15, 0.2) is 0 Å². The van der Waals surface area contributed by atoms with Crippen LogP contribution in [0.2, 0.25) is 0 Å². The molecule has 6 heteroatoms. The van der Waals surface area contributed by atoms with Gasteiger partial charge < -0.3 is 10.6 Å². The van der Waals surface area contributed by atoms with E-state index in [0.717, 1.165) is 13.1 Å². The van der Waals surface area contributed by atoms with E-state index in [4.69, 9.17) is 12.2 Å². The minimum atomic E-state index is 0.0297. The molecular weight excluding hydrogens is 248 g/mol. The first-order chi connectivity index (χ1) is 8.61. The Balaban J connectivity index is 2.00. The fourth-order valence-electron chi connectivity index (χ4n) is 2.00. The van der Waals surface area contributed by atoms with Crippen molar-refractivity contribution in [2.45, 2.75) is 6.92 Å². The number of nitrogens with zero attached hydrogens (tertiary/aromatic N) is 3. The number of carbonyl (C=O) groups excluding carboxylic acids is 1. The zero-order valence-electron chi connectivity index (χ0n) is 10.3. The first-order valence-corrected chi connectivity index (χ1v) is 6.61. The van der Waals surface area contributed by atoms with Gasteiger partial charge in [0.2, 0.25) is 0 Å². The van der Waals surface area contributed by atoms with Crippen LogP contribution < -0.4 is 5.73 Å². The van der Waals surface area contributed by atoms with Crippen molar-refractivity contribution in [2.24, 2.45) is 0 Å². The van der Waals surface area contributed by atoms with Crippen LogP contribution in [0, 0.1) is 19.3 Å². The molecule has 1 aromatic heterocycles. The number of anilines is 1. The Kier molecular flexibility index (Phi) is 3.84. The number of amides is 1. The molecule has 0 saturated carbocycles. The lowest BCUT2D eigenvalue weighted by Gasteiger charge is -2.33. The van der Waals surface area contributed by atoms with Crippen LogP contribution in [-0.4, -0.2) is 53.4 Å².